The maximum atomic E-state index is 13.9. The van der Waals surface area contributed by atoms with Crippen LogP contribution in [-0.2, 0) is 24.1 Å². The van der Waals surface area contributed by atoms with Gasteiger partial charge in [-0.15, -0.1) is 0 Å². The largest absolute Gasteiger partial charge is 0.496 e. The molecule has 2 aromatic rings. The standard InChI is InChI=1S/C18H21BF2N2O5S/c1-17(2)18(3,11-26-4)28-19(27-17)12-7-14(10-22-9-12)23-29(24,25)16-6-5-13(20)8-15(16)21/h5-10,23H,11H2,1-4H3. The number of ether oxygens (including phenoxy) is 1. The number of nitrogens with zero attached hydrogens (tertiary/aromatic N) is 1. The molecule has 1 saturated heterocycles. The first-order valence-electron chi connectivity index (χ1n) is 8.75. The van der Waals surface area contributed by atoms with Gasteiger partial charge < -0.3 is 14.0 Å². The van der Waals surface area contributed by atoms with Gasteiger partial charge in [0.05, 0.1) is 24.1 Å². The summed E-state index contributed by atoms with van der Waals surface area (Å²) in [6.45, 7) is 5.88. The van der Waals surface area contributed by atoms with Gasteiger partial charge in [-0.05, 0) is 39.0 Å². The Bertz CT molecular complexity index is 1020. The zero-order valence-electron chi connectivity index (χ0n) is 16.4. The number of aromatic nitrogens is 1. The Hall–Kier alpha value is -2.08. The van der Waals surface area contributed by atoms with Crippen molar-refractivity contribution < 1.29 is 31.2 Å². The van der Waals surface area contributed by atoms with Crippen molar-refractivity contribution >= 4 is 28.3 Å². The molecule has 1 fully saturated rings. The molecular weight excluding hydrogens is 405 g/mol. The van der Waals surface area contributed by atoms with Crippen LogP contribution in [0.1, 0.15) is 20.8 Å². The molecule has 0 bridgehead atoms. The van der Waals surface area contributed by atoms with Gasteiger partial charge in [0.1, 0.15) is 22.1 Å². The first-order chi connectivity index (χ1) is 13.5. The third kappa shape index (κ3) is 4.27. The molecule has 1 aromatic carbocycles. The maximum Gasteiger partial charge on any atom is 0.496 e. The third-order valence-electron chi connectivity index (χ3n) is 4.93. The highest BCUT2D eigenvalue weighted by Gasteiger charge is 2.54. The molecule has 29 heavy (non-hydrogen) atoms. The van der Waals surface area contributed by atoms with E-state index in [1.54, 1.807) is 7.11 Å². The van der Waals surface area contributed by atoms with Crippen molar-refractivity contribution in [3.63, 3.8) is 0 Å². The fourth-order valence-electron chi connectivity index (χ4n) is 2.96. The van der Waals surface area contributed by atoms with Crippen LogP contribution in [0.5, 0.6) is 0 Å². The molecule has 2 heterocycles. The van der Waals surface area contributed by atoms with E-state index < -0.39 is 44.9 Å². The van der Waals surface area contributed by atoms with Crippen molar-refractivity contribution in [1.82, 2.24) is 4.98 Å². The van der Waals surface area contributed by atoms with E-state index in [1.165, 1.54) is 18.5 Å². The highest BCUT2D eigenvalue weighted by Crippen LogP contribution is 2.37. The predicted octanol–water partition coefficient (Wildman–Crippen LogP) is 2.09. The van der Waals surface area contributed by atoms with Crippen LogP contribution < -0.4 is 10.2 Å². The Balaban J connectivity index is 1.85. The van der Waals surface area contributed by atoms with Crippen molar-refractivity contribution in [1.29, 1.82) is 0 Å². The molecule has 7 nitrogen and oxygen atoms in total. The Labute approximate surface area is 168 Å². The Morgan fingerprint density at radius 2 is 1.90 bits per heavy atom. The number of pyridine rings is 1. The number of nitrogens with one attached hydrogen (secondary N) is 1. The average molecular weight is 426 g/mol. The molecule has 0 radical (unpaired) electrons. The topological polar surface area (TPSA) is 86.8 Å². The highest BCUT2D eigenvalue weighted by molar-refractivity contribution is 7.92. The van der Waals surface area contributed by atoms with Gasteiger partial charge in [0, 0.05) is 24.8 Å². The minimum atomic E-state index is -4.29. The van der Waals surface area contributed by atoms with Crippen LogP contribution in [0.2, 0.25) is 0 Å². The molecule has 1 unspecified atom stereocenters. The summed E-state index contributed by atoms with van der Waals surface area (Å²) in [7, 11) is -3.53. The van der Waals surface area contributed by atoms with Crippen LogP contribution in [0.3, 0.4) is 0 Å². The molecule has 0 spiro atoms. The van der Waals surface area contributed by atoms with Gasteiger partial charge in [0.25, 0.3) is 10.0 Å². The summed E-state index contributed by atoms with van der Waals surface area (Å²) in [6.07, 6.45) is 2.74. The number of hydrogen-bond donors (Lipinski definition) is 1. The van der Waals surface area contributed by atoms with Crippen LogP contribution >= 0.6 is 0 Å². The van der Waals surface area contributed by atoms with Crippen molar-refractivity contribution in [3.8, 4) is 0 Å². The lowest BCUT2D eigenvalue weighted by Gasteiger charge is -2.35. The fraction of sp³-hybridized carbons (Fsp3) is 0.389. The third-order valence-corrected chi connectivity index (χ3v) is 6.34. The second-order valence-corrected chi connectivity index (χ2v) is 9.08. The van der Waals surface area contributed by atoms with E-state index in [9.17, 15) is 17.2 Å². The molecule has 1 N–H and O–H groups in total. The van der Waals surface area contributed by atoms with Gasteiger partial charge in [-0.1, -0.05) is 0 Å². The Kier molecular flexibility index (Phi) is 5.70. The molecule has 3 rings (SSSR count). The van der Waals surface area contributed by atoms with Gasteiger partial charge in [-0.25, -0.2) is 17.2 Å². The number of methoxy groups -OCH3 is 1. The van der Waals surface area contributed by atoms with E-state index in [2.05, 4.69) is 9.71 Å². The Morgan fingerprint density at radius 3 is 2.55 bits per heavy atom. The van der Waals surface area contributed by atoms with Crippen LogP contribution in [0.4, 0.5) is 14.5 Å². The second kappa shape index (κ2) is 7.64. The number of halogens is 2. The summed E-state index contributed by atoms with van der Waals surface area (Å²) >= 11 is 0. The Morgan fingerprint density at radius 1 is 1.17 bits per heavy atom. The van der Waals surface area contributed by atoms with Crippen LogP contribution in [0.15, 0.2) is 41.6 Å². The molecular formula is C18H21BF2N2O5S. The van der Waals surface area contributed by atoms with Crippen molar-refractivity contribution in [2.24, 2.45) is 0 Å². The molecule has 0 aliphatic carbocycles. The first kappa shape index (κ1) is 21.6. The summed E-state index contributed by atoms with van der Waals surface area (Å²) in [4.78, 5) is 3.34. The molecule has 156 valence electrons. The van der Waals surface area contributed by atoms with E-state index in [4.69, 9.17) is 14.0 Å². The number of sulfonamides is 1. The van der Waals surface area contributed by atoms with Gasteiger partial charge in [-0.2, -0.15) is 0 Å². The van der Waals surface area contributed by atoms with Crippen molar-refractivity contribution in [2.45, 2.75) is 36.9 Å². The van der Waals surface area contributed by atoms with Crippen LogP contribution in [0.25, 0.3) is 0 Å². The summed E-state index contributed by atoms with van der Waals surface area (Å²) < 4.78 is 71.4. The molecule has 11 heteroatoms. The lowest BCUT2D eigenvalue weighted by Crippen LogP contribution is -2.48. The maximum absolute atomic E-state index is 13.9. The average Bonchev–Trinajstić information content (AvgIpc) is 2.84. The zero-order valence-corrected chi connectivity index (χ0v) is 17.2. The zero-order chi connectivity index (χ0) is 21.4. The number of hydrogen-bond acceptors (Lipinski definition) is 6. The molecule has 1 aliphatic rings. The van der Waals surface area contributed by atoms with E-state index in [0.29, 0.717) is 18.1 Å². The monoisotopic (exact) mass is 426 g/mol. The number of rotatable bonds is 6. The first-order valence-corrected chi connectivity index (χ1v) is 10.2. The van der Waals surface area contributed by atoms with E-state index in [0.717, 1.165) is 12.1 Å². The smallest absolute Gasteiger partial charge is 0.399 e. The van der Waals surface area contributed by atoms with Crippen LogP contribution in [-0.4, -0.2) is 45.4 Å². The molecule has 1 atom stereocenters. The van der Waals surface area contributed by atoms with Crippen molar-refractivity contribution in [3.05, 3.63) is 48.3 Å². The molecule has 0 saturated carbocycles. The minimum Gasteiger partial charge on any atom is -0.399 e. The van der Waals surface area contributed by atoms with Gasteiger partial charge in [0.2, 0.25) is 0 Å². The highest BCUT2D eigenvalue weighted by atomic mass is 32.2. The van der Waals surface area contributed by atoms with E-state index >= 15 is 0 Å². The molecule has 1 aromatic heterocycles. The predicted molar refractivity (Wildman–Crippen MR) is 103 cm³/mol. The second-order valence-electron chi connectivity index (χ2n) is 7.43. The lowest BCUT2D eigenvalue weighted by atomic mass is 9.80. The lowest BCUT2D eigenvalue weighted by molar-refractivity contribution is -0.0594. The molecule has 1 aliphatic heterocycles. The van der Waals surface area contributed by atoms with Gasteiger partial charge in [0.15, 0.2) is 0 Å². The SMILES string of the molecule is COCC1(C)OB(c2cncc(NS(=O)(=O)c3ccc(F)cc3F)c2)OC1(C)C. The van der Waals surface area contributed by atoms with Gasteiger partial charge in [-0.3, -0.25) is 9.71 Å². The normalized spacial score (nSPS) is 21.4. The summed E-state index contributed by atoms with van der Waals surface area (Å²) in [6, 6.07) is 3.70. The summed E-state index contributed by atoms with van der Waals surface area (Å²) in [5.74, 6) is -2.07. The van der Waals surface area contributed by atoms with E-state index in [1.807, 2.05) is 20.8 Å². The minimum absolute atomic E-state index is 0.0802. The quantitative estimate of drug-likeness (QED) is 0.712. The van der Waals surface area contributed by atoms with Crippen LogP contribution in [0, 0.1) is 11.6 Å². The van der Waals surface area contributed by atoms with E-state index in [-0.39, 0.29) is 5.69 Å². The van der Waals surface area contributed by atoms with Gasteiger partial charge >= 0.3 is 7.12 Å². The number of benzene rings is 1. The van der Waals surface area contributed by atoms with Crippen molar-refractivity contribution in [2.75, 3.05) is 18.4 Å². The number of anilines is 1. The summed E-state index contributed by atoms with van der Waals surface area (Å²) in [5.41, 5.74) is -0.867. The molecule has 0 amide bonds. The summed E-state index contributed by atoms with van der Waals surface area (Å²) in [5, 5.41) is 0. The fourth-order valence-corrected chi connectivity index (χ4v) is 4.05.